The van der Waals surface area contributed by atoms with Crippen molar-refractivity contribution in [2.45, 2.75) is 44.5 Å². The van der Waals surface area contributed by atoms with Crippen molar-refractivity contribution >= 4 is 29.1 Å². The van der Waals surface area contributed by atoms with E-state index in [0.29, 0.717) is 23.5 Å². The summed E-state index contributed by atoms with van der Waals surface area (Å²) < 4.78 is 41.4. The molecule has 0 spiro atoms. The highest BCUT2D eigenvalue weighted by Gasteiger charge is 2.32. The van der Waals surface area contributed by atoms with Crippen molar-refractivity contribution in [1.29, 1.82) is 0 Å². The third-order valence-corrected chi connectivity index (χ3v) is 5.46. The molecule has 2 N–H and O–H groups in total. The van der Waals surface area contributed by atoms with Crippen molar-refractivity contribution in [1.82, 2.24) is 9.97 Å². The maximum atomic E-state index is 12.5. The van der Waals surface area contributed by atoms with Crippen molar-refractivity contribution in [2.24, 2.45) is 0 Å². The third-order valence-electron chi connectivity index (χ3n) is 5.16. The summed E-state index contributed by atoms with van der Waals surface area (Å²) in [5.41, 5.74) is 2.13. The van der Waals surface area contributed by atoms with Crippen LogP contribution in [0.3, 0.4) is 0 Å². The summed E-state index contributed by atoms with van der Waals surface area (Å²) in [6, 6.07) is 15.8. The highest BCUT2D eigenvalue weighted by atomic mass is 35.5. The van der Waals surface area contributed by atoms with Crippen LogP contribution in [-0.2, 0) is 0 Å². The molecule has 2 aromatic carbocycles. The Bertz CT molecular complexity index is 1060. The lowest BCUT2D eigenvalue weighted by molar-refractivity contribution is -0.274. The fraction of sp³-hybridized carbons (Fsp3) is 0.304. The first kappa shape index (κ1) is 22.2. The van der Waals surface area contributed by atoms with Crippen LogP contribution in [0.2, 0.25) is 5.02 Å². The van der Waals surface area contributed by atoms with Crippen molar-refractivity contribution in [3.05, 3.63) is 59.6 Å². The van der Waals surface area contributed by atoms with Gasteiger partial charge in [0.15, 0.2) is 0 Å². The molecule has 5 nitrogen and oxygen atoms in total. The summed E-state index contributed by atoms with van der Waals surface area (Å²) in [7, 11) is 0. The fourth-order valence-electron chi connectivity index (χ4n) is 3.70. The van der Waals surface area contributed by atoms with Crippen molar-refractivity contribution < 1.29 is 17.9 Å². The van der Waals surface area contributed by atoms with Gasteiger partial charge in [-0.1, -0.05) is 61.2 Å². The summed E-state index contributed by atoms with van der Waals surface area (Å²) in [5.74, 6) is 0.540. The maximum Gasteiger partial charge on any atom is 0.573 e. The molecule has 1 saturated carbocycles. The zero-order valence-corrected chi connectivity index (χ0v) is 17.9. The van der Waals surface area contributed by atoms with Crippen LogP contribution >= 0.6 is 11.6 Å². The SMILES string of the molecule is FC(F)(F)Oc1ccc(Nc2cc(-c3ccccc3)nc(NC3CCCCC3)n2)cc1Cl. The Hall–Kier alpha value is -3.00. The van der Waals surface area contributed by atoms with Crippen molar-refractivity contribution in [2.75, 3.05) is 10.6 Å². The van der Waals surface area contributed by atoms with Crippen LogP contribution in [0.25, 0.3) is 11.3 Å². The minimum Gasteiger partial charge on any atom is -0.404 e. The number of rotatable bonds is 6. The molecule has 1 aromatic heterocycles. The van der Waals surface area contributed by atoms with E-state index in [-0.39, 0.29) is 5.02 Å². The van der Waals surface area contributed by atoms with Gasteiger partial charge in [-0.3, -0.25) is 0 Å². The summed E-state index contributed by atoms with van der Waals surface area (Å²) in [4.78, 5) is 9.25. The van der Waals surface area contributed by atoms with E-state index in [4.69, 9.17) is 11.6 Å². The molecule has 0 bridgehead atoms. The van der Waals surface area contributed by atoms with Gasteiger partial charge in [-0.25, -0.2) is 4.98 Å². The molecule has 1 aliphatic carbocycles. The van der Waals surface area contributed by atoms with Crippen LogP contribution in [0.5, 0.6) is 5.75 Å². The summed E-state index contributed by atoms with van der Waals surface area (Å²) in [6.45, 7) is 0. The van der Waals surface area contributed by atoms with Gasteiger partial charge >= 0.3 is 6.36 Å². The Balaban J connectivity index is 1.60. The van der Waals surface area contributed by atoms with Gasteiger partial charge < -0.3 is 15.4 Å². The Morgan fingerprint density at radius 2 is 1.69 bits per heavy atom. The highest BCUT2D eigenvalue weighted by Crippen LogP contribution is 2.33. The number of ether oxygens (including phenoxy) is 1. The molecular formula is C23H22ClF3N4O. The first-order chi connectivity index (χ1) is 15.4. The van der Waals surface area contributed by atoms with Crippen LogP contribution in [0.15, 0.2) is 54.6 Å². The maximum absolute atomic E-state index is 12.5. The average molecular weight is 463 g/mol. The molecule has 0 unspecified atom stereocenters. The van der Waals surface area contributed by atoms with Gasteiger partial charge in [-0.2, -0.15) is 4.98 Å². The molecule has 0 saturated heterocycles. The van der Waals surface area contributed by atoms with Crippen LogP contribution < -0.4 is 15.4 Å². The molecule has 3 aromatic rings. The third kappa shape index (κ3) is 6.03. The van der Waals surface area contributed by atoms with Crippen molar-refractivity contribution in [3.8, 4) is 17.0 Å². The molecule has 0 radical (unpaired) electrons. The quantitative estimate of drug-likeness (QED) is 0.406. The number of aromatic nitrogens is 2. The Labute approximate surface area is 189 Å². The topological polar surface area (TPSA) is 59.1 Å². The predicted octanol–water partition coefficient (Wildman–Crippen LogP) is 7.18. The first-order valence-corrected chi connectivity index (χ1v) is 10.8. The lowest BCUT2D eigenvalue weighted by Crippen LogP contribution is -2.23. The number of benzene rings is 2. The van der Waals surface area contributed by atoms with E-state index in [1.54, 1.807) is 6.07 Å². The van der Waals surface area contributed by atoms with Gasteiger partial charge in [0.05, 0.1) is 10.7 Å². The van der Waals surface area contributed by atoms with E-state index in [1.807, 2.05) is 30.3 Å². The van der Waals surface area contributed by atoms with Gasteiger partial charge in [0.25, 0.3) is 0 Å². The first-order valence-electron chi connectivity index (χ1n) is 10.4. The molecule has 1 fully saturated rings. The molecule has 0 aliphatic heterocycles. The zero-order chi connectivity index (χ0) is 22.6. The molecule has 1 heterocycles. The lowest BCUT2D eigenvalue weighted by Gasteiger charge is -2.23. The van der Waals surface area contributed by atoms with Crippen LogP contribution in [0.1, 0.15) is 32.1 Å². The summed E-state index contributed by atoms with van der Waals surface area (Å²) >= 11 is 5.98. The number of anilines is 3. The number of hydrogen-bond acceptors (Lipinski definition) is 5. The lowest BCUT2D eigenvalue weighted by atomic mass is 9.96. The zero-order valence-electron chi connectivity index (χ0n) is 17.1. The second-order valence-electron chi connectivity index (χ2n) is 7.63. The molecule has 32 heavy (non-hydrogen) atoms. The molecule has 168 valence electrons. The van der Waals surface area contributed by atoms with Crippen molar-refractivity contribution in [3.63, 3.8) is 0 Å². The Morgan fingerprint density at radius 1 is 0.938 bits per heavy atom. The Morgan fingerprint density at radius 3 is 2.38 bits per heavy atom. The van der Waals surface area contributed by atoms with Crippen LogP contribution in [0.4, 0.5) is 30.6 Å². The van der Waals surface area contributed by atoms with E-state index >= 15 is 0 Å². The predicted molar refractivity (Wildman–Crippen MR) is 119 cm³/mol. The van der Waals surface area contributed by atoms with Gasteiger partial charge in [-0.05, 0) is 31.0 Å². The highest BCUT2D eigenvalue weighted by molar-refractivity contribution is 6.32. The number of hydrogen-bond donors (Lipinski definition) is 2. The van der Waals surface area contributed by atoms with Gasteiger partial charge in [-0.15, -0.1) is 13.2 Å². The molecule has 0 amide bonds. The molecule has 1 aliphatic rings. The van der Waals surface area contributed by atoms with Crippen LogP contribution in [0, 0.1) is 0 Å². The van der Waals surface area contributed by atoms with E-state index in [9.17, 15) is 13.2 Å². The monoisotopic (exact) mass is 462 g/mol. The largest absolute Gasteiger partial charge is 0.573 e. The van der Waals surface area contributed by atoms with E-state index in [1.165, 1.54) is 37.5 Å². The van der Waals surface area contributed by atoms with Crippen LogP contribution in [-0.4, -0.2) is 22.4 Å². The molecule has 0 atom stereocenters. The van der Waals surface area contributed by atoms with E-state index in [2.05, 4.69) is 25.3 Å². The normalized spacial score (nSPS) is 14.8. The number of alkyl halides is 3. The molecule has 9 heteroatoms. The van der Waals surface area contributed by atoms with Gasteiger partial charge in [0, 0.05) is 23.4 Å². The second-order valence-corrected chi connectivity index (χ2v) is 8.03. The smallest absolute Gasteiger partial charge is 0.404 e. The Kier molecular flexibility index (Phi) is 6.69. The number of halogens is 4. The number of nitrogens with zero attached hydrogens (tertiary/aromatic N) is 2. The standard InChI is InChI=1S/C23H22ClF3N4O/c24-18-13-17(11-12-20(18)32-23(25,26)27)28-21-14-19(15-7-3-1-4-8-15)30-22(31-21)29-16-9-5-2-6-10-16/h1,3-4,7-8,11-14,16H,2,5-6,9-10H2,(H2,28,29,30,31). The van der Waals surface area contributed by atoms with Gasteiger partial charge in [0.1, 0.15) is 11.6 Å². The number of nitrogens with one attached hydrogen (secondary N) is 2. The fourth-order valence-corrected chi connectivity index (χ4v) is 3.92. The minimum absolute atomic E-state index is 0.162. The van der Waals surface area contributed by atoms with E-state index in [0.717, 1.165) is 24.1 Å². The van der Waals surface area contributed by atoms with E-state index < -0.39 is 12.1 Å². The minimum atomic E-state index is -4.81. The second kappa shape index (κ2) is 9.65. The van der Waals surface area contributed by atoms with Gasteiger partial charge in [0.2, 0.25) is 5.95 Å². The average Bonchev–Trinajstić information content (AvgIpc) is 2.76. The molecule has 4 rings (SSSR count). The molecular weight excluding hydrogens is 441 g/mol. The summed E-state index contributed by atoms with van der Waals surface area (Å²) in [5, 5.41) is 6.38. The summed E-state index contributed by atoms with van der Waals surface area (Å²) in [6.07, 6.45) is 0.911.